The molecule has 0 spiro atoms. The fraction of sp³-hybridized carbons (Fsp3) is 0.600. The Hall–Kier alpha value is -1.92. The maximum absolute atomic E-state index is 11.2. The minimum Gasteiger partial charge on any atom is -0.451 e. The average Bonchev–Trinajstić information content (AvgIpc) is 2.15. The van der Waals surface area contributed by atoms with Crippen LogP contribution in [0.5, 0.6) is 0 Å². The second-order valence-corrected chi connectivity index (χ2v) is 3.24. The zero-order chi connectivity index (χ0) is 13.6. The lowest BCUT2D eigenvalue weighted by atomic mass is 10.4. The van der Waals surface area contributed by atoms with E-state index in [0.29, 0.717) is 0 Å². The van der Waals surface area contributed by atoms with Gasteiger partial charge in [0, 0.05) is 13.8 Å². The molecule has 0 amide bonds. The molecule has 17 heavy (non-hydrogen) atoms. The van der Waals surface area contributed by atoms with E-state index in [1.54, 1.807) is 0 Å². The molecule has 0 aromatic rings. The highest BCUT2D eigenvalue weighted by molar-refractivity contribution is 5.91. The Balaban J connectivity index is 4.24. The Labute approximate surface area is 98.0 Å². The molecule has 0 aliphatic carbocycles. The molecule has 7 nitrogen and oxygen atoms in total. The van der Waals surface area contributed by atoms with Crippen LogP contribution in [0.25, 0.3) is 0 Å². The third-order valence-corrected chi connectivity index (χ3v) is 1.55. The molecule has 0 aromatic heterocycles. The normalized spacial score (nSPS) is 13.2. The van der Waals surface area contributed by atoms with Crippen molar-refractivity contribution in [1.82, 2.24) is 0 Å². The van der Waals surface area contributed by atoms with Gasteiger partial charge in [-0.2, -0.15) is 0 Å². The third kappa shape index (κ3) is 6.29. The molecule has 2 unspecified atom stereocenters. The summed E-state index contributed by atoms with van der Waals surface area (Å²) in [7, 11) is 0. The average molecular weight is 246 g/mol. The van der Waals surface area contributed by atoms with E-state index in [2.05, 4.69) is 14.2 Å². The predicted octanol–water partition coefficient (Wildman–Crippen LogP) is -0.0406. The zero-order valence-electron chi connectivity index (χ0n) is 10.0. The summed E-state index contributed by atoms with van der Waals surface area (Å²) in [5, 5.41) is 0. The fourth-order valence-corrected chi connectivity index (χ4v) is 0.859. The van der Waals surface area contributed by atoms with Crippen molar-refractivity contribution in [2.24, 2.45) is 0 Å². The molecule has 0 saturated carbocycles. The highest BCUT2D eigenvalue weighted by Crippen LogP contribution is 2.00. The van der Waals surface area contributed by atoms with Crippen molar-refractivity contribution >= 4 is 23.9 Å². The van der Waals surface area contributed by atoms with E-state index in [1.807, 2.05) is 0 Å². The van der Waals surface area contributed by atoms with Crippen molar-refractivity contribution < 1.29 is 33.4 Å². The van der Waals surface area contributed by atoms with Gasteiger partial charge in [-0.3, -0.25) is 9.59 Å². The van der Waals surface area contributed by atoms with Crippen molar-refractivity contribution in [2.45, 2.75) is 39.9 Å². The lowest BCUT2D eigenvalue weighted by Gasteiger charge is -2.13. The van der Waals surface area contributed by atoms with Gasteiger partial charge in [-0.05, 0) is 13.8 Å². The molecular formula is C10H14O7. The van der Waals surface area contributed by atoms with E-state index < -0.39 is 36.1 Å². The minimum absolute atomic E-state index is 0.671. The van der Waals surface area contributed by atoms with Crippen LogP contribution in [0, 0.1) is 0 Å². The van der Waals surface area contributed by atoms with E-state index in [9.17, 15) is 19.2 Å². The number of rotatable bonds is 4. The third-order valence-electron chi connectivity index (χ3n) is 1.55. The highest BCUT2D eigenvalue weighted by Gasteiger charge is 2.25. The van der Waals surface area contributed by atoms with E-state index >= 15 is 0 Å². The van der Waals surface area contributed by atoms with Crippen LogP contribution in [0.4, 0.5) is 0 Å². The Bertz CT molecular complexity index is 302. The number of carbonyl (C=O) groups is 4. The van der Waals surface area contributed by atoms with Gasteiger partial charge in [0.05, 0.1) is 0 Å². The molecule has 0 radical (unpaired) electrons. The van der Waals surface area contributed by atoms with Crippen LogP contribution in [-0.4, -0.2) is 36.1 Å². The number of hydrogen-bond acceptors (Lipinski definition) is 7. The first kappa shape index (κ1) is 15.1. The molecule has 0 N–H and O–H groups in total. The first-order valence-electron chi connectivity index (χ1n) is 4.84. The van der Waals surface area contributed by atoms with Crippen LogP contribution >= 0.6 is 0 Å². The van der Waals surface area contributed by atoms with Gasteiger partial charge >= 0.3 is 23.9 Å². The Morgan fingerprint density at radius 2 is 1.06 bits per heavy atom. The maximum atomic E-state index is 11.2. The predicted molar refractivity (Wildman–Crippen MR) is 53.6 cm³/mol. The molecular weight excluding hydrogens is 232 g/mol. The van der Waals surface area contributed by atoms with Crippen LogP contribution in [-0.2, 0) is 33.4 Å². The van der Waals surface area contributed by atoms with Crippen molar-refractivity contribution in [1.29, 1.82) is 0 Å². The summed E-state index contributed by atoms with van der Waals surface area (Å²) in [6, 6.07) is 0. The Morgan fingerprint density at radius 3 is 1.29 bits per heavy atom. The molecule has 0 fully saturated rings. The highest BCUT2D eigenvalue weighted by atomic mass is 16.6. The first-order chi connectivity index (χ1) is 7.73. The molecule has 0 aromatic carbocycles. The maximum Gasteiger partial charge on any atom is 0.354 e. The fourth-order valence-electron chi connectivity index (χ4n) is 0.859. The quantitative estimate of drug-likeness (QED) is 0.390. The summed E-state index contributed by atoms with van der Waals surface area (Å²) >= 11 is 0. The first-order valence-corrected chi connectivity index (χ1v) is 4.84. The molecule has 0 aliphatic rings. The molecule has 2 atom stereocenters. The SMILES string of the molecule is CC(=O)OC(C)C(=O)OC(=O)C(C)OC(C)=O. The molecule has 0 bridgehead atoms. The van der Waals surface area contributed by atoms with E-state index in [4.69, 9.17) is 0 Å². The van der Waals surface area contributed by atoms with Gasteiger partial charge in [0.1, 0.15) is 0 Å². The van der Waals surface area contributed by atoms with E-state index in [-0.39, 0.29) is 0 Å². The van der Waals surface area contributed by atoms with Crippen LogP contribution in [0.2, 0.25) is 0 Å². The molecule has 0 aliphatic heterocycles. The van der Waals surface area contributed by atoms with Crippen LogP contribution < -0.4 is 0 Å². The standard InChI is InChI=1S/C10H14O7/c1-5(15-7(3)11)9(13)17-10(14)6(2)16-8(4)12/h5-6H,1-4H3. The van der Waals surface area contributed by atoms with Crippen LogP contribution in [0.3, 0.4) is 0 Å². The lowest BCUT2D eigenvalue weighted by molar-refractivity contribution is -0.179. The summed E-state index contributed by atoms with van der Waals surface area (Å²) in [5.74, 6) is -3.39. The number of hydrogen-bond donors (Lipinski definition) is 0. The van der Waals surface area contributed by atoms with Gasteiger partial charge in [0.2, 0.25) is 0 Å². The van der Waals surface area contributed by atoms with Gasteiger partial charge in [-0.25, -0.2) is 9.59 Å². The molecule has 0 rings (SSSR count). The lowest BCUT2D eigenvalue weighted by Crippen LogP contribution is -2.33. The zero-order valence-corrected chi connectivity index (χ0v) is 10.0. The summed E-state index contributed by atoms with van der Waals surface area (Å²) in [6.07, 6.45) is -2.39. The smallest absolute Gasteiger partial charge is 0.354 e. The van der Waals surface area contributed by atoms with Crippen molar-refractivity contribution in [3.05, 3.63) is 0 Å². The number of ether oxygens (including phenoxy) is 3. The van der Waals surface area contributed by atoms with Crippen LogP contribution in [0.15, 0.2) is 0 Å². The van der Waals surface area contributed by atoms with Gasteiger partial charge in [0.25, 0.3) is 0 Å². The molecule has 7 heteroatoms. The summed E-state index contributed by atoms with van der Waals surface area (Å²) < 4.78 is 13.3. The van der Waals surface area contributed by atoms with Crippen molar-refractivity contribution in [3.63, 3.8) is 0 Å². The van der Waals surface area contributed by atoms with Gasteiger partial charge < -0.3 is 14.2 Å². The number of carbonyl (C=O) groups excluding carboxylic acids is 4. The summed E-state index contributed by atoms with van der Waals surface area (Å²) in [5.41, 5.74) is 0. The second-order valence-electron chi connectivity index (χ2n) is 3.24. The van der Waals surface area contributed by atoms with Crippen LogP contribution in [0.1, 0.15) is 27.7 Å². The molecule has 0 heterocycles. The molecule has 0 saturated heterocycles. The van der Waals surface area contributed by atoms with Gasteiger partial charge in [-0.15, -0.1) is 0 Å². The van der Waals surface area contributed by atoms with E-state index in [1.165, 1.54) is 13.8 Å². The Morgan fingerprint density at radius 1 is 0.765 bits per heavy atom. The van der Waals surface area contributed by atoms with Gasteiger partial charge in [-0.1, -0.05) is 0 Å². The monoisotopic (exact) mass is 246 g/mol. The Kier molecular flexibility index (Phi) is 5.87. The topological polar surface area (TPSA) is 96.0 Å². The summed E-state index contributed by atoms with van der Waals surface area (Å²) in [6.45, 7) is 4.75. The molecule has 96 valence electrons. The van der Waals surface area contributed by atoms with Crippen molar-refractivity contribution in [2.75, 3.05) is 0 Å². The minimum atomic E-state index is -1.19. The van der Waals surface area contributed by atoms with Gasteiger partial charge in [0.15, 0.2) is 12.2 Å². The second kappa shape index (κ2) is 6.62. The van der Waals surface area contributed by atoms with Crippen molar-refractivity contribution in [3.8, 4) is 0 Å². The number of esters is 4. The summed E-state index contributed by atoms with van der Waals surface area (Å²) in [4.78, 5) is 43.5. The van der Waals surface area contributed by atoms with E-state index in [0.717, 1.165) is 13.8 Å². The largest absolute Gasteiger partial charge is 0.451 e.